The van der Waals surface area contributed by atoms with E-state index in [9.17, 15) is 4.79 Å². The number of ether oxygens (including phenoxy) is 4. The fourth-order valence-electron chi connectivity index (χ4n) is 4.52. The van der Waals surface area contributed by atoms with Gasteiger partial charge in [-0.1, -0.05) is 32.5 Å². The van der Waals surface area contributed by atoms with Crippen molar-refractivity contribution in [3.63, 3.8) is 0 Å². The van der Waals surface area contributed by atoms with E-state index in [1.54, 1.807) is 0 Å². The second-order valence-electron chi connectivity index (χ2n) is 10.4. The van der Waals surface area contributed by atoms with Gasteiger partial charge in [0.1, 0.15) is 12.2 Å². The van der Waals surface area contributed by atoms with Crippen molar-refractivity contribution in [3.05, 3.63) is 11.6 Å². The van der Waals surface area contributed by atoms with Crippen LogP contribution in [0.1, 0.15) is 41.5 Å². The van der Waals surface area contributed by atoms with Crippen LogP contribution in [0.25, 0.3) is 0 Å². The lowest BCUT2D eigenvalue weighted by atomic mass is 9.91. The lowest BCUT2D eigenvalue weighted by Crippen LogP contribution is -2.47. The first-order valence-corrected chi connectivity index (χ1v) is 15.4. The zero-order valence-electron chi connectivity index (χ0n) is 20.0. The van der Waals surface area contributed by atoms with E-state index in [4.69, 9.17) is 35.6 Å². The number of rotatable bonds is 5. The number of thioether (sulfide) groups is 1. The summed E-state index contributed by atoms with van der Waals surface area (Å²) in [6, 6.07) is 0. The zero-order valence-corrected chi connectivity index (χ0v) is 22.6. The molecular formula is C22H36O6S2Si. The molecule has 9 heteroatoms. The summed E-state index contributed by atoms with van der Waals surface area (Å²) < 4.78 is 31.5. The molecule has 0 aromatic carbocycles. The van der Waals surface area contributed by atoms with Crippen LogP contribution in [0.3, 0.4) is 0 Å². The highest BCUT2D eigenvalue weighted by Crippen LogP contribution is 2.55. The Morgan fingerprint density at radius 1 is 1.26 bits per heavy atom. The van der Waals surface area contributed by atoms with Gasteiger partial charge in [-0.15, -0.1) is 0 Å². The van der Waals surface area contributed by atoms with E-state index in [2.05, 4.69) is 33.9 Å². The van der Waals surface area contributed by atoms with Crippen molar-refractivity contribution in [1.29, 1.82) is 0 Å². The highest BCUT2D eigenvalue weighted by atomic mass is 32.2. The third-order valence-electron chi connectivity index (χ3n) is 6.86. The molecule has 0 unspecified atom stereocenters. The first-order valence-electron chi connectivity index (χ1n) is 10.9. The Labute approximate surface area is 196 Å². The number of hydrogen-bond acceptors (Lipinski definition) is 8. The Bertz CT molecular complexity index is 760. The molecule has 0 spiro atoms. The molecule has 1 aliphatic heterocycles. The maximum Gasteiger partial charge on any atom is 0.334 e. The number of hydrogen-bond donors (Lipinski definition) is 0. The van der Waals surface area contributed by atoms with Gasteiger partial charge >= 0.3 is 5.97 Å². The molecule has 2 fully saturated rings. The second kappa shape index (κ2) is 8.72. The molecule has 0 aromatic heterocycles. The van der Waals surface area contributed by atoms with Crippen molar-refractivity contribution in [2.24, 2.45) is 11.8 Å². The average molecular weight is 489 g/mol. The summed E-state index contributed by atoms with van der Waals surface area (Å²) in [6.45, 7) is 16.9. The zero-order chi connectivity index (χ0) is 23.4. The number of fused-ring (bicyclic) bond motifs is 3. The van der Waals surface area contributed by atoms with Crippen LogP contribution in [0.4, 0.5) is 0 Å². The van der Waals surface area contributed by atoms with Gasteiger partial charge in [0.05, 0.1) is 18.8 Å². The van der Waals surface area contributed by atoms with E-state index < -0.39 is 14.1 Å². The molecule has 0 N–H and O–H groups in total. The van der Waals surface area contributed by atoms with Crippen LogP contribution in [-0.2, 0) is 28.2 Å². The molecule has 6 nitrogen and oxygen atoms in total. The largest absolute Gasteiger partial charge is 0.472 e. The SMILES string of the molecule is CCOC(=O)C1=C[C@H](O[Si](C)(C)C(C)(C)C)[C@@H]2[C@H](OC(=S)SC)[C@H]3OC(C)(C)O[C@H]3[C@H]12. The van der Waals surface area contributed by atoms with Crippen molar-refractivity contribution < 1.29 is 28.2 Å². The molecular weight excluding hydrogens is 452 g/mol. The van der Waals surface area contributed by atoms with Crippen LogP contribution in [0.15, 0.2) is 11.6 Å². The molecule has 176 valence electrons. The maximum absolute atomic E-state index is 12.9. The lowest BCUT2D eigenvalue weighted by Gasteiger charge is -2.40. The molecule has 3 aliphatic rings. The quantitative estimate of drug-likeness (QED) is 0.314. The van der Waals surface area contributed by atoms with Crippen molar-refractivity contribution in [2.75, 3.05) is 12.9 Å². The minimum atomic E-state index is -2.13. The van der Waals surface area contributed by atoms with Crippen LogP contribution >= 0.6 is 24.0 Å². The molecule has 0 radical (unpaired) electrons. The molecule has 1 heterocycles. The molecule has 0 bridgehead atoms. The normalized spacial score (nSPS) is 34.2. The summed E-state index contributed by atoms with van der Waals surface area (Å²) in [5.41, 5.74) is 0.605. The van der Waals surface area contributed by atoms with Gasteiger partial charge in [-0.3, -0.25) is 0 Å². The molecule has 6 atom stereocenters. The van der Waals surface area contributed by atoms with Gasteiger partial charge in [-0.2, -0.15) is 0 Å². The number of esters is 1. The molecule has 31 heavy (non-hydrogen) atoms. The highest BCUT2D eigenvalue weighted by molar-refractivity contribution is 8.22. The van der Waals surface area contributed by atoms with Crippen molar-refractivity contribution >= 4 is 42.6 Å². The van der Waals surface area contributed by atoms with E-state index >= 15 is 0 Å². The first-order chi connectivity index (χ1) is 14.2. The summed E-state index contributed by atoms with van der Waals surface area (Å²) in [4.78, 5) is 12.9. The first kappa shape index (κ1) is 25.2. The number of thiocarbonyl (C=S) groups is 1. The van der Waals surface area contributed by atoms with E-state index in [0.29, 0.717) is 16.6 Å². The standard InChI is InChI=1S/C22H36O6S2Si/c1-10-24-19(23)12-11-13(28-31(8,9)21(2,3)4)15-14(12)17-18(27-22(5,6)26-17)16(15)25-20(29)30-7/h11,13-18H,10H2,1-9H3/t13-,14+,15-,16-,17-,18+/m0/s1. The van der Waals surface area contributed by atoms with Crippen LogP contribution in [0.5, 0.6) is 0 Å². The molecule has 2 aliphatic carbocycles. The van der Waals surface area contributed by atoms with Gasteiger partial charge in [0.25, 0.3) is 0 Å². The predicted octanol–water partition coefficient (Wildman–Crippen LogP) is 4.68. The summed E-state index contributed by atoms with van der Waals surface area (Å²) in [5.74, 6) is -1.44. The van der Waals surface area contributed by atoms with Gasteiger partial charge in [-0.05, 0) is 63.5 Å². The van der Waals surface area contributed by atoms with Crippen LogP contribution in [-0.4, -0.2) is 61.7 Å². The molecule has 3 rings (SSSR count). The number of carbonyl (C=O) groups is 1. The minimum absolute atomic E-state index is 0.0252. The smallest absolute Gasteiger partial charge is 0.334 e. The Morgan fingerprint density at radius 3 is 2.42 bits per heavy atom. The molecule has 1 saturated carbocycles. The Hall–Kier alpha value is -0.453. The second-order valence-corrected chi connectivity index (χ2v) is 16.6. The summed E-state index contributed by atoms with van der Waals surface area (Å²) in [5, 5.41) is 0.0252. The third-order valence-corrected chi connectivity index (χ3v) is 12.4. The van der Waals surface area contributed by atoms with Crippen LogP contribution in [0.2, 0.25) is 18.1 Å². The Kier molecular flexibility index (Phi) is 7.08. The van der Waals surface area contributed by atoms with Gasteiger partial charge in [0.15, 0.2) is 14.1 Å². The van der Waals surface area contributed by atoms with Crippen LogP contribution in [0, 0.1) is 11.8 Å². The van der Waals surface area contributed by atoms with E-state index in [0.717, 1.165) is 0 Å². The van der Waals surface area contributed by atoms with E-state index in [1.807, 2.05) is 33.1 Å². The fraction of sp³-hybridized carbons (Fsp3) is 0.818. The minimum Gasteiger partial charge on any atom is -0.472 e. The van der Waals surface area contributed by atoms with Crippen molar-refractivity contribution in [3.8, 4) is 0 Å². The van der Waals surface area contributed by atoms with Crippen LogP contribution < -0.4 is 0 Å². The number of carbonyl (C=O) groups excluding carboxylic acids is 1. The fourth-order valence-corrected chi connectivity index (χ4v) is 6.10. The monoisotopic (exact) mass is 488 g/mol. The molecule has 0 amide bonds. The van der Waals surface area contributed by atoms with Crippen molar-refractivity contribution in [1.82, 2.24) is 0 Å². The van der Waals surface area contributed by atoms with Gasteiger partial charge < -0.3 is 23.4 Å². The third kappa shape index (κ3) is 4.77. The molecule has 1 saturated heterocycles. The topological polar surface area (TPSA) is 63.2 Å². The maximum atomic E-state index is 12.9. The van der Waals surface area contributed by atoms with Gasteiger partial charge in [0, 0.05) is 17.4 Å². The molecule has 0 aromatic rings. The van der Waals surface area contributed by atoms with E-state index in [-0.39, 0.29) is 47.3 Å². The average Bonchev–Trinajstić information content (AvgIpc) is 3.23. The Morgan fingerprint density at radius 2 is 1.87 bits per heavy atom. The Balaban J connectivity index is 2.02. The summed E-state index contributed by atoms with van der Waals surface area (Å²) >= 11 is 6.79. The lowest BCUT2D eigenvalue weighted by molar-refractivity contribution is -0.173. The highest BCUT2D eigenvalue weighted by Gasteiger charge is 2.66. The summed E-state index contributed by atoms with van der Waals surface area (Å²) in [7, 11) is -2.13. The van der Waals surface area contributed by atoms with E-state index in [1.165, 1.54) is 11.8 Å². The predicted molar refractivity (Wildman–Crippen MR) is 129 cm³/mol. The van der Waals surface area contributed by atoms with Crippen molar-refractivity contribution in [2.45, 2.75) is 89.9 Å². The van der Waals surface area contributed by atoms with Gasteiger partial charge in [0.2, 0.25) is 4.38 Å². The summed E-state index contributed by atoms with van der Waals surface area (Å²) in [6.07, 6.45) is 2.52. The van der Waals surface area contributed by atoms with Gasteiger partial charge in [-0.25, -0.2) is 4.79 Å².